The Labute approximate surface area is 108 Å². The van der Waals surface area contributed by atoms with Crippen molar-refractivity contribution in [2.45, 2.75) is 11.4 Å². The van der Waals surface area contributed by atoms with Gasteiger partial charge in [0.05, 0.1) is 0 Å². The molecule has 0 aromatic carbocycles. The molecule has 14 heteroatoms. The van der Waals surface area contributed by atoms with Crippen LogP contribution in [0.2, 0.25) is 0 Å². The second kappa shape index (κ2) is 4.97. The van der Waals surface area contributed by atoms with Crippen LogP contribution >= 0.6 is 0 Å². The SMILES string of the molecule is O=S(=O)(F)NS(=O)(=O)C(F)(F)C(F)(F)F.[Na]. The number of nitrogens with one attached hydrogen (secondary N) is 1. The van der Waals surface area contributed by atoms with Gasteiger partial charge in [0.2, 0.25) is 0 Å². The monoisotopic (exact) mass is 304 g/mol. The van der Waals surface area contributed by atoms with E-state index in [9.17, 15) is 42.7 Å². The van der Waals surface area contributed by atoms with Gasteiger partial charge in [-0.3, -0.25) is 0 Å². The van der Waals surface area contributed by atoms with Crippen molar-refractivity contribution in [1.29, 1.82) is 0 Å². The van der Waals surface area contributed by atoms with Crippen molar-refractivity contribution in [3.63, 3.8) is 0 Å². The molecule has 0 aliphatic carbocycles. The summed E-state index contributed by atoms with van der Waals surface area (Å²) < 4.78 is 109. The molecule has 0 atom stereocenters. The van der Waals surface area contributed by atoms with Gasteiger partial charge in [0.15, 0.2) is 0 Å². The Kier molecular flexibility index (Phi) is 5.84. The van der Waals surface area contributed by atoms with E-state index in [0.29, 0.717) is 0 Å². The normalized spacial score (nSPS) is 14.4. The van der Waals surface area contributed by atoms with Crippen LogP contribution in [0.15, 0.2) is 0 Å². The quantitative estimate of drug-likeness (QED) is 0.448. The third-order valence-electron chi connectivity index (χ3n) is 0.877. The first kappa shape index (κ1) is 18.8. The van der Waals surface area contributed by atoms with Crippen LogP contribution in [0.4, 0.5) is 25.8 Å². The molecule has 0 unspecified atom stereocenters. The molecule has 0 heterocycles. The maximum absolute atomic E-state index is 12.0. The van der Waals surface area contributed by atoms with Crippen molar-refractivity contribution in [2.24, 2.45) is 0 Å². The summed E-state index contributed by atoms with van der Waals surface area (Å²) in [5.41, 5.74) is 0. The fourth-order valence-corrected chi connectivity index (χ4v) is 2.11. The second-order valence-electron chi connectivity index (χ2n) is 2.04. The first-order valence-electron chi connectivity index (χ1n) is 2.63. The molecule has 0 rings (SSSR count). The third kappa shape index (κ3) is 4.37. The molecule has 1 radical (unpaired) electrons. The predicted molar refractivity (Wildman–Crippen MR) is 38.8 cm³/mol. The topological polar surface area (TPSA) is 80.3 Å². The zero-order chi connectivity index (χ0) is 12.7. The summed E-state index contributed by atoms with van der Waals surface area (Å²) in [6.07, 6.45) is -6.57. The van der Waals surface area contributed by atoms with Crippen LogP contribution < -0.4 is 4.13 Å². The van der Waals surface area contributed by atoms with Gasteiger partial charge in [0, 0.05) is 29.6 Å². The van der Waals surface area contributed by atoms with Crippen molar-refractivity contribution >= 4 is 50.0 Å². The summed E-state index contributed by atoms with van der Waals surface area (Å²) in [6, 6.07) is 0. The van der Waals surface area contributed by atoms with E-state index in [-0.39, 0.29) is 29.6 Å². The Balaban J connectivity index is 0. The van der Waals surface area contributed by atoms with Gasteiger partial charge in [-0.05, 0) is 0 Å². The van der Waals surface area contributed by atoms with E-state index < -0.39 is 36.0 Å². The molecule has 5 nitrogen and oxygen atoms in total. The van der Waals surface area contributed by atoms with Crippen molar-refractivity contribution in [3.05, 3.63) is 0 Å². The van der Waals surface area contributed by atoms with E-state index in [1.54, 1.807) is 0 Å². The number of sulfonamides is 1. The van der Waals surface area contributed by atoms with Gasteiger partial charge in [-0.25, -0.2) is 8.42 Å². The Morgan fingerprint density at radius 1 is 0.875 bits per heavy atom. The summed E-state index contributed by atoms with van der Waals surface area (Å²) in [5, 5.41) is -6.42. The molecule has 0 aliphatic heterocycles. The molecule has 0 aliphatic rings. The summed E-state index contributed by atoms with van der Waals surface area (Å²) >= 11 is 0. The van der Waals surface area contributed by atoms with E-state index in [0.717, 1.165) is 0 Å². The second-order valence-corrected chi connectivity index (χ2v) is 5.10. The Morgan fingerprint density at radius 3 is 1.38 bits per heavy atom. The zero-order valence-corrected chi connectivity index (χ0v) is 10.9. The Bertz CT molecular complexity index is 438. The third-order valence-corrected chi connectivity index (χ3v) is 3.46. The van der Waals surface area contributed by atoms with Crippen molar-refractivity contribution in [3.8, 4) is 0 Å². The minimum Gasteiger partial charge on any atom is -0.205 e. The zero-order valence-electron chi connectivity index (χ0n) is 7.22. The van der Waals surface area contributed by atoms with E-state index in [1.807, 2.05) is 0 Å². The number of alkyl halides is 5. The smallest absolute Gasteiger partial charge is 0.205 e. The van der Waals surface area contributed by atoms with E-state index >= 15 is 0 Å². The van der Waals surface area contributed by atoms with Crippen LogP contribution in [0.3, 0.4) is 0 Å². The minimum atomic E-state index is -6.75. The van der Waals surface area contributed by atoms with Crippen LogP contribution in [-0.2, 0) is 20.4 Å². The minimum absolute atomic E-state index is 0. The summed E-state index contributed by atoms with van der Waals surface area (Å²) in [6.45, 7) is 0. The van der Waals surface area contributed by atoms with Crippen molar-refractivity contribution in [2.75, 3.05) is 0 Å². The molecule has 0 spiro atoms. The van der Waals surface area contributed by atoms with E-state index in [2.05, 4.69) is 0 Å². The number of halogens is 6. The van der Waals surface area contributed by atoms with Gasteiger partial charge in [-0.2, -0.15) is 30.4 Å². The standard InChI is InChI=1S/C2HF6NO4S2.Na/c3-1(4,5)2(6,7)14(10,11)9-15(8,12)13;/h9H;. The molecule has 0 aromatic rings. The van der Waals surface area contributed by atoms with Crippen molar-refractivity contribution < 1.29 is 42.7 Å². The first-order chi connectivity index (χ1) is 6.21. The molecule has 0 fully saturated rings. The maximum atomic E-state index is 12.0. The molecule has 0 amide bonds. The number of hydrogen-bond donors (Lipinski definition) is 1. The molecular weight excluding hydrogens is 303 g/mol. The van der Waals surface area contributed by atoms with Gasteiger partial charge in [-0.15, -0.1) is 0 Å². The average molecular weight is 304 g/mol. The Morgan fingerprint density at radius 2 is 1.19 bits per heavy atom. The van der Waals surface area contributed by atoms with Gasteiger partial charge in [0.1, 0.15) is 0 Å². The molecule has 16 heavy (non-hydrogen) atoms. The van der Waals surface area contributed by atoms with E-state index in [4.69, 9.17) is 0 Å². The molecular formula is C2HF6NNaO4S2. The van der Waals surface area contributed by atoms with Gasteiger partial charge >= 0.3 is 31.9 Å². The summed E-state index contributed by atoms with van der Waals surface area (Å²) in [7, 11) is -13.0. The van der Waals surface area contributed by atoms with Crippen LogP contribution in [0.1, 0.15) is 0 Å². The van der Waals surface area contributed by atoms with Gasteiger partial charge < -0.3 is 0 Å². The average Bonchev–Trinajstić information content (AvgIpc) is 1.77. The van der Waals surface area contributed by atoms with Crippen LogP contribution in [0.25, 0.3) is 0 Å². The number of rotatable bonds is 3. The molecule has 0 bridgehead atoms. The largest absolute Gasteiger partial charge is 0.471 e. The maximum Gasteiger partial charge on any atom is 0.471 e. The molecule has 0 aromatic heterocycles. The molecule has 1 N–H and O–H groups in total. The molecule has 93 valence electrons. The van der Waals surface area contributed by atoms with E-state index in [1.165, 1.54) is 0 Å². The first-order valence-corrected chi connectivity index (χ1v) is 5.49. The van der Waals surface area contributed by atoms with Crippen LogP contribution in [0.5, 0.6) is 0 Å². The molecule has 0 saturated carbocycles. The molecule has 0 saturated heterocycles. The fourth-order valence-electron chi connectivity index (χ4n) is 0.336. The van der Waals surface area contributed by atoms with Crippen LogP contribution in [-0.4, -0.2) is 57.8 Å². The predicted octanol–water partition coefficient (Wildman–Crippen LogP) is -0.106. The van der Waals surface area contributed by atoms with Gasteiger partial charge in [-0.1, -0.05) is 8.01 Å². The summed E-state index contributed by atoms with van der Waals surface area (Å²) in [5.74, 6) is 0. The van der Waals surface area contributed by atoms with Crippen molar-refractivity contribution in [1.82, 2.24) is 4.13 Å². The number of hydrogen-bond acceptors (Lipinski definition) is 4. The Hall–Kier alpha value is 0.440. The van der Waals surface area contributed by atoms with Crippen LogP contribution in [0, 0.1) is 0 Å². The summed E-state index contributed by atoms with van der Waals surface area (Å²) in [4.78, 5) is 0. The van der Waals surface area contributed by atoms with Gasteiger partial charge in [0.25, 0.3) is 0 Å². The fraction of sp³-hybridized carbons (Fsp3) is 1.00.